The minimum absolute atomic E-state index is 0.147. The van der Waals surface area contributed by atoms with Crippen LogP contribution in [0.15, 0.2) is 47.2 Å². The van der Waals surface area contributed by atoms with Crippen LogP contribution >= 0.6 is 15.9 Å². The molecule has 1 aromatic carbocycles. The number of rotatable bonds is 7. The van der Waals surface area contributed by atoms with Crippen molar-refractivity contribution in [2.75, 3.05) is 25.0 Å². The molecule has 2 aromatic heterocycles. The molecule has 5 nitrogen and oxygen atoms in total. The number of amides is 1. The Hall–Kier alpha value is -2.05. The van der Waals surface area contributed by atoms with Crippen molar-refractivity contribution in [3.63, 3.8) is 0 Å². The Balaban J connectivity index is 1.72. The summed E-state index contributed by atoms with van der Waals surface area (Å²) >= 11 is 3.34. The van der Waals surface area contributed by atoms with E-state index in [1.165, 1.54) is 5.52 Å². The standard InChI is InChI=1S/C19H23BrN4O/c1-3-23(4-2)9-10-24-8-7-14-11-16(5-6-18(14)24)22-19(25)17-12-15(20)13-21-17/h5-8,11-13,21H,3-4,9-10H2,1-2H3,(H,22,25). The zero-order valence-corrected chi connectivity index (χ0v) is 16.1. The summed E-state index contributed by atoms with van der Waals surface area (Å²) in [5.74, 6) is -0.147. The van der Waals surface area contributed by atoms with E-state index < -0.39 is 0 Å². The predicted octanol–water partition coefficient (Wildman–Crippen LogP) is 4.33. The third-order valence-electron chi connectivity index (χ3n) is 4.47. The summed E-state index contributed by atoms with van der Waals surface area (Å²) in [6.45, 7) is 8.52. The van der Waals surface area contributed by atoms with Crippen LogP contribution in [0.2, 0.25) is 0 Å². The van der Waals surface area contributed by atoms with Gasteiger partial charge in [0.2, 0.25) is 0 Å². The number of aromatic amines is 1. The monoisotopic (exact) mass is 402 g/mol. The summed E-state index contributed by atoms with van der Waals surface area (Å²) < 4.78 is 3.12. The maximum Gasteiger partial charge on any atom is 0.272 e. The average Bonchev–Trinajstić information content (AvgIpc) is 3.22. The SMILES string of the molecule is CCN(CC)CCn1ccc2cc(NC(=O)c3cc(Br)c[nH]3)ccc21. The summed E-state index contributed by atoms with van der Waals surface area (Å²) in [5.41, 5.74) is 2.52. The van der Waals surface area contributed by atoms with E-state index in [0.717, 1.165) is 41.7 Å². The zero-order chi connectivity index (χ0) is 17.8. The summed E-state index contributed by atoms with van der Waals surface area (Å²) in [6.07, 6.45) is 3.86. The highest BCUT2D eigenvalue weighted by molar-refractivity contribution is 9.10. The Bertz CT molecular complexity index is 863. The second-order valence-corrected chi connectivity index (χ2v) is 6.91. The molecule has 1 amide bonds. The van der Waals surface area contributed by atoms with E-state index in [4.69, 9.17) is 0 Å². The summed E-state index contributed by atoms with van der Waals surface area (Å²) in [7, 11) is 0. The van der Waals surface area contributed by atoms with E-state index in [1.54, 1.807) is 12.3 Å². The fourth-order valence-electron chi connectivity index (χ4n) is 2.96. The van der Waals surface area contributed by atoms with Crippen LogP contribution in [0.1, 0.15) is 24.3 Å². The lowest BCUT2D eigenvalue weighted by molar-refractivity contribution is 0.102. The van der Waals surface area contributed by atoms with Crippen LogP contribution in [-0.4, -0.2) is 40.0 Å². The van der Waals surface area contributed by atoms with Gasteiger partial charge < -0.3 is 19.8 Å². The van der Waals surface area contributed by atoms with Gasteiger partial charge in [-0.1, -0.05) is 13.8 Å². The number of carbonyl (C=O) groups excluding carboxylic acids is 1. The van der Waals surface area contributed by atoms with E-state index in [1.807, 2.05) is 12.1 Å². The number of H-pyrrole nitrogens is 1. The van der Waals surface area contributed by atoms with E-state index in [9.17, 15) is 4.79 Å². The molecule has 0 aliphatic heterocycles. The second-order valence-electron chi connectivity index (χ2n) is 6.00. The maximum absolute atomic E-state index is 12.2. The highest BCUT2D eigenvalue weighted by atomic mass is 79.9. The summed E-state index contributed by atoms with van der Waals surface area (Å²) in [4.78, 5) is 17.6. The van der Waals surface area contributed by atoms with Gasteiger partial charge in [-0.2, -0.15) is 0 Å². The molecule has 25 heavy (non-hydrogen) atoms. The van der Waals surface area contributed by atoms with E-state index in [-0.39, 0.29) is 5.91 Å². The quantitative estimate of drug-likeness (QED) is 0.617. The van der Waals surface area contributed by atoms with Gasteiger partial charge in [0.15, 0.2) is 0 Å². The van der Waals surface area contributed by atoms with Crippen LogP contribution < -0.4 is 5.32 Å². The number of benzene rings is 1. The Morgan fingerprint density at radius 3 is 2.72 bits per heavy atom. The number of halogens is 1. The van der Waals surface area contributed by atoms with Gasteiger partial charge in [-0.25, -0.2) is 0 Å². The number of likely N-dealkylation sites (N-methyl/N-ethyl adjacent to an activating group) is 1. The minimum Gasteiger partial charge on any atom is -0.356 e. The minimum atomic E-state index is -0.147. The number of aromatic nitrogens is 2. The Kier molecular flexibility index (Phi) is 5.60. The van der Waals surface area contributed by atoms with Crippen LogP contribution in [0.4, 0.5) is 5.69 Å². The number of hydrogen-bond acceptors (Lipinski definition) is 2. The third kappa shape index (κ3) is 4.14. The topological polar surface area (TPSA) is 53.1 Å². The molecule has 0 atom stereocenters. The van der Waals surface area contributed by atoms with Crippen molar-refractivity contribution in [2.24, 2.45) is 0 Å². The molecular weight excluding hydrogens is 380 g/mol. The molecule has 2 N–H and O–H groups in total. The van der Waals surface area contributed by atoms with Crippen LogP contribution in [0.5, 0.6) is 0 Å². The summed E-state index contributed by atoms with van der Waals surface area (Å²) in [6, 6.07) is 9.89. The molecule has 0 radical (unpaired) electrons. The van der Waals surface area contributed by atoms with Crippen LogP contribution in [0, 0.1) is 0 Å². The van der Waals surface area contributed by atoms with Gasteiger partial charge >= 0.3 is 0 Å². The van der Waals surface area contributed by atoms with Crippen LogP contribution in [0.25, 0.3) is 10.9 Å². The van der Waals surface area contributed by atoms with Gasteiger partial charge in [-0.15, -0.1) is 0 Å². The lowest BCUT2D eigenvalue weighted by atomic mass is 10.2. The number of fused-ring (bicyclic) bond motifs is 1. The highest BCUT2D eigenvalue weighted by Crippen LogP contribution is 2.21. The first-order valence-corrected chi connectivity index (χ1v) is 9.36. The molecule has 0 spiro atoms. The number of anilines is 1. The van der Waals surface area contributed by atoms with Crippen molar-refractivity contribution in [3.05, 3.63) is 52.9 Å². The fraction of sp³-hybridized carbons (Fsp3) is 0.316. The van der Waals surface area contributed by atoms with Gasteiger partial charge in [-0.3, -0.25) is 4.79 Å². The number of hydrogen-bond donors (Lipinski definition) is 2. The number of carbonyl (C=O) groups is 1. The number of nitrogens with zero attached hydrogens (tertiary/aromatic N) is 2. The molecule has 0 unspecified atom stereocenters. The molecule has 132 valence electrons. The molecular formula is C19H23BrN4O. The molecule has 0 saturated heterocycles. The molecule has 0 saturated carbocycles. The normalized spacial score (nSPS) is 11.4. The van der Waals surface area contributed by atoms with E-state index in [2.05, 4.69) is 67.9 Å². The Morgan fingerprint density at radius 2 is 2.04 bits per heavy atom. The fourth-order valence-corrected chi connectivity index (χ4v) is 3.30. The Morgan fingerprint density at radius 1 is 1.24 bits per heavy atom. The first-order valence-electron chi connectivity index (χ1n) is 8.57. The van der Waals surface area contributed by atoms with Gasteiger partial charge in [-0.05, 0) is 59.4 Å². The number of nitrogens with one attached hydrogen (secondary N) is 2. The molecule has 0 bridgehead atoms. The zero-order valence-electron chi connectivity index (χ0n) is 14.6. The first kappa shape index (κ1) is 17.8. The van der Waals surface area contributed by atoms with Crippen LogP contribution in [0.3, 0.4) is 0 Å². The third-order valence-corrected chi connectivity index (χ3v) is 4.93. The Labute approximate surface area is 156 Å². The molecule has 3 aromatic rings. The van der Waals surface area contributed by atoms with Crippen molar-refractivity contribution in [1.82, 2.24) is 14.5 Å². The smallest absolute Gasteiger partial charge is 0.272 e. The highest BCUT2D eigenvalue weighted by Gasteiger charge is 2.10. The maximum atomic E-state index is 12.2. The second kappa shape index (κ2) is 7.89. The van der Waals surface area contributed by atoms with Crippen LogP contribution in [-0.2, 0) is 6.54 Å². The largest absolute Gasteiger partial charge is 0.356 e. The van der Waals surface area contributed by atoms with E-state index in [0.29, 0.717) is 5.69 Å². The molecule has 6 heteroatoms. The molecule has 0 aliphatic carbocycles. The van der Waals surface area contributed by atoms with Crippen molar-refractivity contribution in [2.45, 2.75) is 20.4 Å². The summed E-state index contributed by atoms with van der Waals surface area (Å²) in [5, 5.41) is 4.06. The van der Waals surface area contributed by atoms with Gasteiger partial charge in [0.1, 0.15) is 5.69 Å². The van der Waals surface area contributed by atoms with Crippen molar-refractivity contribution in [1.29, 1.82) is 0 Å². The van der Waals surface area contributed by atoms with Crippen molar-refractivity contribution in [3.8, 4) is 0 Å². The lowest BCUT2D eigenvalue weighted by Crippen LogP contribution is -2.26. The lowest BCUT2D eigenvalue weighted by Gasteiger charge is -2.18. The predicted molar refractivity (Wildman–Crippen MR) is 106 cm³/mol. The van der Waals surface area contributed by atoms with Crippen molar-refractivity contribution >= 4 is 38.4 Å². The molecule has 3 rings (SSSR count). The van der Waals surface area contributed by atoms with Gasteiger partial charge in [0, 0.05) is 46.5 Å². The van der Waals surface area contributed by atoms with Crippen molar-refractivity contribution < 1.29 is 4.79 Å². The molecule has 0 aliphatic rings. The molecule has 2 heterocycles. The van der Waals surface area contributed by atoms with Gasteiger partial charge in [0.05, 0.1) is 0 Å². The average molecular weight is 403 g/mol. The van der Waals surface area contributed by atoms with Gasteiger partial charge in [0.25, 0.3) is 5.91 Å². The molecule has 0 fully saturated rings. The van der Waals surface area contributed by atoms with E-state index >= 15 is 0 Å². The first-order chi connectivity index (χ1) is 12.1.